The summed E-state index contributed by atoms with van der Waals surface area (Å²) in [7, 11) is 0. The van der Waals surface area contributed by atoms with Crippen LogP contribution in [0.4, 0.5) is 17.1 Å². The summed E-state index contributed by atoms with van der Waals surface area (Å²) in [6.45, 7) is 0. The maximum Gasteiger partial charge on any atom is 0.159 e. The van der Waals surface area contributed by atoms with E-state index in [2.05, 4.69) is 229 Å². The minimum atomic E-state index is 0.812. The van der Waals surface area contributed by atoms with E-state index in [-0.39, 0.29) is 0 Å². The molecule has 0 atom stereocenters. The van der Waals surface area contributed by atoms with Crippen molar-refractivity contribution in [1.82, 2.24) is 0 Å². The molecule has 0 bridgehead atoms. The van der Waals surface area contributed by atoms with E-state index in [0.717, 1.165) is 61.8 Å². The molecule has 0 aliphatic carbocycles. The molecule has 0 spiro atoms. The third-order valence-electron chi connectivity index (χ3n) is 12.1. The Morgan fingerprint density at radius 2 is 0.902 bits per heavy atom. The van der Waals surface area contributed by atoms with Gasteiger partial charge in [-0.05, 0) is 98.2 Å². The predicted octanol–water partition coefficient (Wildman–Crippen LogP) is 17.1. The Kier molecular flexibility index (Phi) is 8.39. The topological polar surface area (TPSA) is 12.5 Å². The van der Waals surface area contributed by atoms with Gasteiger partial charge >= 0.3 is 0 Å². The lowest BCUT2D eigenvalue weighted by Crippen LogP contribution is -2.11. The molecule has 286 valence electrons. The Morgan fingerprint density at radius 1 is 0.361 bits per heavy atom. The number of anilines is 3. The van der Waals surface area contributed by atoms with Crippen LogP contribution < -0.4 is 9.64 Å². The van der Waals surface area contributed by atoms with Crippen molar-refractivity contribution in [3.8, 4) is 67.1 Å². The Balaban J connectivity index is 1.08. The highest BCUT2D eigenvalue weighted by molar-refractivity contribution is 7.26. The second-order valence-corrected chi connectivity index (χ2v) is 16.7. The van der Waals surface area contributed by atoms with Crippen molar-refractivity contribution in [1.29, 1.82) is 0 Å². The Morgan fingerprint density at radius 3 is 1.67 bits per heavy atom. The normalized spacial score (nSPS) is 11.7. The smallest absolute Gasteiger partial charge is 0.159 e. The van der Waals surface area contributed by atoms with Gasteiger partial charge in [0.2, 0.25) is 0 Å². The molecule has 61 heavy (non-hydrogen) atoms. The van der Waals surface area contributed by atoms with Gasteiger partial charge in [0.25, 0.3) is 0 Å². The van der Waals surface area contributed by atoms with Gasteiger partial charge < -0.3 is 9.64 Å². The van der Waals surface area contributed by atoms with Crippen molar-refractivity contribution < 1.29 is 4.74 Å². The van der Waals surface area contributed by atoms with Crippen molar-refractivity contribution in [2.75, 3.05) is 4.90 Å². The third kappa shape index (κ3) is 6.01. The molecule has 0 fully saturated rings. The summed E-state index contributed by atoms with van der Waals surface area (Å²) in [5, 5.41) is 4.93. The molecule has 0 N–H and O–H groups in total. The SMILES string of the molecule is c1ccc(-c2ccc(N(c3ccc(-c4cccc5c4sc4ccccc45)cc3)c3cccc4c3Oc3cc5ccccc5cc3-c3cccc(-c5ccccc5)c3-4)cc2)cc1. The van der Waals surface area contributed by atoms with Gasteiger partial charge in [0, 0.05) is 48.2 Å². The van der Waals surface area contributed by atoms with Crippen LogP contribution in [0.5, 0.6) is 11.5 Å². The average Bonchev–Trinajstić information content (AvgIpc) is 3.65. The predicted molar refractivity (Wildman–Crippen MR) is 259 cm³/mol. The van der Waals surface area contributed by atoms with Gasteiger partial charge in [0.05, 0.1) is 5.69 Å². The second-order valence-electron chi connectivity index (χ2n) is 15.6. The van der Waals surface area contributed by atoms with Crippen molar-refractivity contribution in [3.63, 3.8) is 0 Å². The number of benzene rings is 10. The third-order valence-corrected chi connectivity index (χ3v) is 13.3. The number of ether oxygens (including phenoxy) is 1. The van der Waals surface area contributed by atoms with Crippen LogP contribution in [-0.4, -0.2) is 0 Å². The molecule has 1 aliphatic heterocycles. The van der Waals surface area contributed by atoms with E-state index >= 15 is 0 Å². The number of para-hydroxylation sites is 1. The molecule has 0 unspecified atom stereocenters. The lowest BCUT2D eigenvalue weighted by molar-refractivity contribution is 0.489. The minimum Gasteiger partial charge on any atom is -0.454 e. The molecular weight excluding hydrogens is 759 g/mol. The van der Waals surface area contributed by atoms with E-state index in [9.17, 15) is 0 Å². The second kappa shape index (κ2) is 14.5. The summed E-state index contributed by atoms with van der Waals surface area (Å²) in [4.78, 5) is 2.36. The van der Waals surface area contributed by atoms with Gasteiger partial charge in [-0.2, -0.15) is 0 Å². The molecule has 1 aromatic heterocycles. The van der Waals surface area contributed by atoms with Crippen LogP contribution in [0, 0.1) is 0 Å². The maximum absolute atomic E-state index is 7.36. The van der Waals surface area contributed by atoms with E-state index in [0.29, 0.717) is 0 Å². The van der Waals surface area contributed by atoms with Crippen LogP contribution in [0.3, 0.4) is 0 Å². The first-order valence-electron chi connectivity index (χ1n) is 20.7. The zero-order valence-corrected chi connectivity index (χ0v) is 33.9. The van der Waals surface area contributed by atoms with Crippen LogP contribution in [0.1, 0.15) is 0 Å². The molecular formula is C58H37NOS. The van der Waals surface area contributed by atoms with Crippen molar-refractivity contribution in [2.24, 2.45) is 0 Å². The van der Waals surface area contributed by atoms with Gasteiger partial charge in [-0.25, -0.2) is 0 Å². The number of hydrogen-bond acceptors (Lipinski definition) is 3. The highest BCUT2D eigenvalue weighted by Crippen LogP contribution is 2.55. The van der Waals surface area contributed by atoms with Crippen LogP contribution in [0.15, 0.2) is 224 Å². The van der Waals surface area contributed by atoms with E-state index in [1.54, 1.807) is 0 Å². The number of fused-ring (bicyclic) bond motifs is 9. The lowest BCUT2D eigenvalue weighted by Gasteiger charge is -2.29. The van der Waals surface area contributed by atoms with E-state index in [1.807, 2.05) is 11.3 Å². The fourth-order valence-corrected chi connectivity index (χ4v) is 10.4. The first-order chi connectivity index (χ1) is 30.2. The summed E-state index contributed by atoms with van der Waals surface area (Å²) in [5.74, 6) is 1.65. The van der Waals surface area contributed by atoms with Crippen LogP contribution >= 0.6 is 11.3 Å². The molecule has 11 aromatic rings. The molecule has 0 saturated carbocycles. The van der Waals surface area contributed by atoms with Crippen molar-refractivity contribution >= 4 is 59.3 Å². The number of nitrogens with zero attached hydrogens (tertiary/aromatic N) is 1. The monoisotopic (exact) mass is 795 g/mol. The zero-order valence-electron chi connectivity index (χ0n) is 33.1. The molecule has 12 rings (SSSR count). The fourth-order valence-electron chi connectivity index (χ4n) is 9.18. The molecule has 0 amide bonds. The summed E-state index contributed by atoms with van der Waals surface area (Å²) in [6.07, 6.45) is 0. The van der Waals surface area contributed by atoms with Gasteiger partial charge in [0.1, 0.15) is 5.75 Å². The van der Waals surface area contributed by atoms with Crippen molar-refractivity contribution in [2.45, 2.75) is 0 Å². The van der Waals surface area contributed by atoms with Gasteiger partial charge in [-0.3, -0.25) is 0 Å². The van der Waals surface area contributed by atoms with Crippen LogP contribution in [-0.2, 0) is 0 Å². The quantitative estimate of drug-likeness (QED) is 0.166. The molecule has 0 radical (unpaired) electrons. The zero-order chi connectivity index (χ0) is 40.3. The fraction of sp³-hybridized carbons (Fsp3) is 0. The Hall–Kier alpha value is -7.72. The summed E-state index contributed by atoms with van der Waals surface area (Å²) < 4.78 is 9.98. The van der Waals surface area contributed by atoms with Gasteiger partial charge in [-0.15, -0.1) is 11.3 Å². The average molecular weight is 796 g/mol. The number of thiophene rings is 1. The highest BCUT2D eigenvalue weighted by Gasteiger charge is 2.29. The Bertz CT molecular complexity index is 3420. The molecule has 2 heterocycles. The lowest BCUT2D eigenvalue weighted by atomic mass is 9.87. The first kappa shape index (κ1) is 35.2. The largest absolute Gasteiger partial charge is 0.454 e. The summed E-state index contributed by atoms with van der Waals surface area (Å²) in [6, 6.07) is 81.0. The summed E-state index contributed by atoms with van der Waals surface area (Å²) >= 11 is 1.87. The van der Waals surface area contributed by atoms with Crippen LogP contribution in [0.25, 0.3) is 86.6 Å². The molecule has 2 nitrogen and oxygen atoms in total. The molecule has 10 aromatic carbocycles. The van der Waals surface area contributed by atoms with Gasteiger partial charge in [-0.1, -0.05) is 176 Å². The molecule has 3 heteroatoms. The number of hydrogen-bond donors (Lipinski definition) is 0. The van der Waals surface area contributed by atoms with Crippen molar-refractivity contribution in [3.05, 3.63) is 224 Å². The van der Waals surface area contributed by atoms with E-state index < -0.39 is 0 Å². The van der Waals surface area contributed by atoms with E-state index in [4.69, 9.17) is 4.74 Å². The number of rotatable bonds is 6. The first-order valence-corrected chi connectivity index (χ1v) is 21.6. The minimum absolute atomic E-state index is 0.812. The van der Waals surface area contributed by atoms with E-state index in [1.165, 1.54) is 53.4 Å². The molecule has 1 aliphatic rings. The highest BCUT2D eigenvalue weighted by atomic mass is 32.1. The maximum atomic E-state index is 7.36. The summed E-state index contributed by atoms with van der Waals surface area (Å²) in [5.41, 5.74) is 14.6. The Labute approximate surface area is 358 Å². The van der Waals surface area contributed by atoms with Gasteiger partial charge in [0.15, 0.2) is 5.75 Å². The standard InChI is InChI=1S/C58H37NOS/c1-3-14-38(15-4-1)39-28-32-44(33-29-39)59(45-34-30-41(31-35-45)47-22-12-24-50-48-20-9-10-27-55(48)61-58(47)50)53-26-13-25-51-56-46(40-16-5-2-6-17-40)21-11-23-49(56)52-36-42-18-7-8-19-43(42)37-54(52)60-57(51)53/h1-37H. The van der Waals surface area contributed by atoms with Crippen LogP contribution in [0.2, 0.25) is 0 Å². The molecule has 0 saturated heterocycles.